The minimum Gasteiger partial charge on any atom is -0.355 e. The predicted molar refractivity (Wildman–Crippen MR) is 105 cm³/mol. The molecule has 136 valence electrons. The summed E-state index contributed by atoms with van der Waals surface area (Å²) in [5, 5.41) is 3.88. The maximum atomic E-state index is 12.3. The van der Waals surface area contributed by atoms with E-state index in [2.05, 4.69) is 15.3 Å². The molecule has 0 aliphatic heterocycles. The van der Waals surface area contributed by atoms with Crippen molar-refractivity contribution >= 4 is 22.3 Å². The normalized spacial score (nSPS) is 11.1. The highest BCUT2D eigenvalue weighted by molar-refractivity contribution is 5.83. The van der Waals surface area contributed by atoms with E-state index in [1.807, 2.05) is 59.3 Å². The van der Waals surface area contributed by atoms with Crippen LogP contribution in [0.4, 0.5) is 0 Å². The van der Waals surface area contributed by atoms with Crippen molar-refractivity contribution in [3.8, 4) is 0 Å². The number of aromatic nitrogens is 3. The van der Waals surface area contributed by atoms with Crippen LogP contribution in [0.25, 0.3) is 16.4 Å². The van der Waals surface area contributed by atoms with E-state index in [1.165, 1.54) is 0 Å². The SMILES string of the molecule is Cc1cc2cc(CC(=O)NCCc3ncc4ccccn34)ccc2[nH]c1=O. The molecule has 4 aromatic rings. The van der Waals surface area contributed by atoms with Crippen molar-refractivity contribution in [3.05, 3.63) is 82.2 Å². The number of hydrogen-bond donors (Lipinski definition) is 2. The molecule has 0 unspecified atom stereocenters. The summed E-state index contributed by atoms with van der Waals surface area (Å²) in [6, 6.07) is 13.4. The minimum absolute atomic E-state index is 0.0311. The van der Waals surface area contributed by atoms with Crippen molar-refractivity contribution in [2.24, 2.45) is 0 Å². The molecule has 6 heteroatoms. The lowest BCUT2D eigenvalue weighted by molar-refractivity contribution is -0.120. The van der Waals surface area contributed by atoms with Crippen LogP contribution in [0.3, 0.4) is 0 Å². The molecule has 0 saturated heterocycles. The molecule has 0 saturated carbocycles. The number of fused-ring (bicyclic) bond motifs is 2. The Labute approximate surface area is 155 Å². The molecule has 3 aromatic heterocycles. The lowest BCUT2D eigenvalue weighted by atomic mass is 10.1. The van der Waals surface area contributed by atoms with Crippen LogP contribution in [0.15, 0.2) is 59.7 Å². The van der Waals surface area contributed by atoms with Gasteiger partial charge in [-0.1, -0.05) is 12.1 Å². The molecule has 4 rings (SSSR count). The number of rotatable bonds is 5. The first-order valence-corrected chi connectivity index (χ1v) is 8.90. The van der Waals surface area contributed by atoms with Crippen LogP contribution < -0.4 is 10.9 Å². The molecule has 0 radical (unpaired) electrons. The zero-order chi connectivity index (χ0) is 18.8. The third-order valence-electron chi connectivity index (χ3n) is 4.65. The maximum Gasteiger partial charge on any atom is 0.251 e. The van der Waals surface area contributed by atoms with Crippen molar-refractivity contribution in [1.82, 2.24) is 19.7 Å². The second-order valence-electron chi connectivity index (χ2n) is 6.65. The van der Waals surface area contributed by atoms with Crippen molar-refractivity contribution < 1.29 is 4.79 Å². The highest BCUT2D eigenvalue weighted by atomic mass is 16.1. The van der Waals surface area contributed by atoms with Crippen LogP contribution in [0, 0.1) is 6.92 Å². The van der Waals surface area contributed by atoms with Gasteiger partial charge in [0.1, 0.15) is 5.82 Å². The first-order valence-electron chi connectivity index (χ1n) is 8.90. The van der Waals surface area contributed by atoms with Gasteiger partial charge in [-0.25, -0.2) is 4.98 Å². The van der Waals surface area contributed by atoms with Gasteiger partial charge >= 0.3 is 0 Å². The molecule has 0 atom stereocenters. The van der Waals surface area contributed by atoms with Crippen LogP contribution in [0.1, 0.15) is 17.0 Å². The van der Waals surface area contributed by atoms with Gasteiger partial charge < -0.3 is 14.7 Å². The number of imidazole rings is 1. The zero-order valence-electron chi connectivity index (χ0n) is 15.0. The van der Waals surface area contributed by atoms with Gasteiger partial charge in [0.2, 0.25) is 5.91 Å². The van der Waals surface area contributed by atoms with Crippen LogP contribution in [-0.2, 0) is 17.6 Å². The lowest BCUT2D eigenvalue weighted by Gasteiger charge is -2.07. The Morgan fingerprint density at radius 1 is 1.22 bits per heavy atom. The van der Waals surface area contributed by atoms with E-state index >= 15 is 0 Å². The average molecular weight is 360 g/mol. The van der Waals surface area contributed by atoms with E-state index in [4.69, 9.17) is 0 Å². The number of amides is 1. The Morgan fingerprint density at radius 2 is 2.11 bits per heavy atom. The van der Waals surface area contributed by atoms with Crippen molar-refractivity contribution in [3.63, 3.8) is 0 Å². The van der Waals surface area contributed by atoms with Crippen LogP contribution in [-0.4, -0.2) is 26.8 Å². The molecular formula is C21H20N4O2. The summed E-state index contributed by atoms with van der Waals surface area (Å²) in [7, 11) is 0. The number of nitrogens with one attached hydrogen (secondary N) is 2. The van der Waals surface area contributed by atoms with E-state index in [0.29, 0.717) is 24.9 Å². The van der Waals surface area contributed by atoms with Gasteiger partial charge in [0.25, 0.3) is 5.56 Å². The molecule has 1 amide bonds. The molecule has 0 spiro atoms. The van der Waals surface area contributed by atoms with Crippen molar-refractivity contribution in [2.75, 3.05) is 6.54 Å². The smallest absolute Gasteiger partial charge is 0.251 e. The molecule has 0 fully saturated rings. The van der Waals surface area contributed by atoms with Crippen molar-refractivity contribution in [1.29, 1.82) is 0 Å². The second kappa shape index (κ2) is 7.07. The highest BCUT2D eigenvalue weighted by Crippen LogP contribution is 2.14. The Balaban J connectivity index is 1.38. The van der Waals surface area contributed by atoms with Crippen molar-refractivity contribution in [2.45, 2.75) is 19.8 Å². The lowest BCUT2D eigenvalue weighted by Crippen LogP contribution is -2.27. The monoisotopic (exact) mass is 360 g/mol. The summed E-state index contributed by atoms with van der Waals surface area (Å²) < 4.78 is 2.03. The molecule has 0 aliphatic rings. The van der Waals surface area contributed by atoms with E-state index in [0.717, 1.165) is 27.8 Å². The molecule has 1 aromatic carbocycles. The number of aromatic amines is 1. The topological polar surface area (TPSA) is 79.3 Å². The van der Waals surface area contributed by atoms with Gasteiger partial charge in [0.15, 0.2) is 0 Å². The fraction of sp³-hybridized carbons (Fsp3) is 0.190. The molecule has 3 heterocycles. The van der Waals surface area contributed by atoms with Gasteiger partial charge in [0.05, 0.1) is 18.1 Å². The van der Waals surface area contributed by atoms with Crippen LogP contribution in [0.5, 0.6) is 0 Å². The van der Waals surface area contributed by atoms with Gasteiger partial charge in [-0.3, -0.25) is 9.59 Å². The van der Waals surface area contributed by atoms with E-state index < -0.39 is 0 Å². The summed E-state index contributed by atoms with van der Waals surface area (Å²) >= 11 is 0. The number of pyridine rings is 2. The Morgan fingerprint density at radius 3 is 3.00 bits per heavy atom. The third kappa shape index (κ3) is 3.60. The van der Waals surface area contributed by atoms with Gasteiger partial charge in [-0.2, -0.15) is 0 Å². The number of carbonyl (C=O) groups is 1. The van der Waals surface area contributed by atoms with E-state index in [9.17, 15) is 9.59 Å². The van der Waals surface area contributed by atoms with Gasteiger partial charge in [-0.15, -0.1) is 0 Å². The maximum absolute atomic E-state index is 12.3. The Bertz CT molecular complexity index is 1190. The number of benzene rings is 1. The average Bonchev–Trinajstić information content (AvgIpc) is 3.06. The number of H-pyrrole nitrogens is 1. The molecule has 0 bridgehead atoms. The summed E-state index contributed by atoms with van der Waals surface area (Å²) in [6.45, 7) is 2.31. The standard InChI is InChI=1S/C21H20N4O2/c1-14-10-16-11-15(5-6-18(16)24-21(14)27)12-20(26)22-8-7-19-23-13-17-4-2-3-9-25(17)19/h2-6,9-11,13H,7-8,12H2,1H3,(H,22,26)(H,24,27). The zero-order valence-corrected chi connectivity index (χ0v) is 15.0. The number of nitrogens with zero attached hydrogens (tertiary/aromatic N) is 2. The first kappa shape index (κ1) is 17.0. The number of hydrogen-bond acceptors (Lipinski definition) is 3. The summed E-state index contributed by atoms with van der Waals surface area (Å²) in [6.07, 6.45) is 4.78. The number of aryl methyl sites for hydroxylation is 1. The van der Waals surface area contributed by atoms with E-state index in [1.54, 1.807) is 6.92 Å². The molecule has 6 nitrogen and oxygen atoms in total. The Kier molecular flexibility index (Phi) is 4.46. The summed E-state index contributed by atoms with van der Waals surface area (Å²) in [5.41, 5.74) is 3.32. The fourth-order valence-corrected chi connectivity index (χ4v) is 3.22. The van der Waals surface area contributed by atoms with Crippen LogP contribution >= 0.6 is 0 Å². The largest absolute Gasteiger partial charge is 0.355 e. The number of carbonyl (C=O) groups excluding carboxylic acids is 1. The first-order chi connectivity index (χ1) is 13.1. The molecular weight excluding hydrogens is 340 g/mol. The van der Waals surface area contributed by atoms with Gasteiger partial charge in [-0.05, 0) is 48.2 Å². The third-order valence-corrected chi connectivity index (χ3v) is 4.65. The highest BCUT2D eigenvalue weighted by Gasteiger charge is 2.07. The predicted octanol–water partition coefficient (Wildman–Crippen LogP) is 2.39. The van der Waals surface area contributed by atoms with Crippen LogP contribution in [0.2, 0.25) is 0 Å². The summed E-state index contributed by atoms with van der Waals surface area (Å²) in [5.74, 6) is 0.896. The van der Waals surface area contributed by atoms with Gasteiger partial charge in [0, 0.05) is 30.2 Å². The molecule has 2 N–H and O–H groups in total. The quantitative estimate of drug-likeness (QED) is 0.573. The molecule has 27 heavy (non-hydrogen) atoms. The Hall–Kier alpha value is -3.41. The second-order valence-corrected chi connectivity index (χ2v) is 6.65. The minimum atomic E-state index is -0.0838. The summed E-state index contributed by atoms with van der Waals surface area (Å²) in [4.78, 5) is 31.2. The fourth-order valence-electron chi connectivity index (χ4n) is 3.22. The van der Waals surface area contributed by atoms with E-state index in [-0.39, 0.29) is 11.5 Å². The molecule has 0 aliphatic carbocycles.